The molecule has 0 unspecified atom stereocenters. The molecule has 0 saturated carbocycles. The molecule has 0 atom stereocenters. The second-order valence-corrected chi connectivity index (χ2v) is 7.24. The summed E-state index contributed by atoms with van der Waals surface area (Å²) in [6, 6.07) is 14.3. The number of carbonyl (C=O) groups is 1. The maximum atomic E-state index is 12.2. The Kier molecular flexibility index (Phi) is 8.07. The lowest BCUT2D eigenvalue weighted by Gasteiger charge is -2.12. The minimum absolute atomic E-state index is 0.0691. The van der Waals surface area contributed by atoms with Gasteiger partial charge in [0, 0.05) is 18.2 Å². The Hall–Kier alpha value is -4.79. The fraction of sp³-hybridized carbons (Fsp3) is 0.115. The zero-order valence-corrected chi connectivity index (χ0v) is 19.3. The van der Waals surface area contributed by atoms with Crippen LogP contribution in [0.5, 0.6) is 23.0 Å². The third-order valence-electron chi connectivity index (χ3n) is 4.94. The van der Waals surface area contributed by atoms with E-state index in [0.717, 1.165) is 5.56 Å². The number of aromatic hydroxyl groups is 1. The number of hydrogen-bond acceptors (Lipinski definition) is 7. The molecule has 0 aliphatic heterocycles. The number of methoxy groups -OCH3 is 3. The van der Waals surface area contributed by atoms with Gasteiger partial charge in [0.25, 0.3) is 5.69 Å². The lowest BCUT2D eigenvalue weighted by atomic mass is 10.1. The maximum Gasteiger partial charge on any atom is 0.270 e. The third kappa shape index (κ3) is 6.38. The van der Waals surface area contributed by atoms with Gasteiger partial charge in [-0.25, -0.2) is 0 Å². The molecule has 3 aromatic rings. The summed E-state index contributed by atoms with van der Waals surface area (Å²) < 4.78 is 16.0. The molecule has 0 spiro atoms. The molecule has 0 heterocycles. The number of amides is 1. The summed E-state index contributed by atoms with van der Waals surface area (Å²) in [5.74, 6) is 0.919. The first-order valence-corrected chi connectivity index (χ1v) is 10.4. The summed E-state index contributed by atoms with van der Waals surface area (Å²) in [5, 5.41) is 23.8. The van der Waals surface area contributed by atoms with Gasteiger partial charge in [-0.2, -0.15) is 0 Å². The monoisotopic (exact) mass is 476 g/mol. The number of nitrogens with one attached hydrogen (secondary N) is 1. The largest absolute Gasteiger partial charge is 0.506 e. The minimum atomic E-state index is -0.507. The molecule has 0 aromatic heterocycles. The van der Waals surface area contributed by atoms with Crippen LogP contribution in [0.25, 0.3) is 18.2 Å². The molecular formula is C26H24N2O7. The van der Waals surface area contributed by atoms with Crippen molar-refractivity contribution in [2.45, 2.75) is 0 Å². The molecule has 1 amide bonds. The normalized spacial score (nSPS) is 10.9. The van der Waals surface area contributed by atoms with Crippen LogP contribution < -0.4 is 19.5 Å². The minimum Gasteiger partial charge on any atom is -0.506 e. The molecular weight excluding hydrogens is 452 g/mol. The molecule has 35 heavy (non-hydrogen) atoms. The summed E-state index contributed by atoms with van der Waals surface area (Å²) >= 11 is 0. The smallest absolute Gasteiger partial charge is 0.270 e. The molecule has 0 fully saturated rings. The summed E-state index contributed by atoms with van der Waals surface area (Å²) in [4.78, 5) is 22.6. The molecule has 0 bridgehead atoms. The van der Waals surface area contributed by atoms with Crippen molar-refractivity contribution in [3.8, 4) is 23.0 Å². The fourth-order valence-corrected chi connectivity index (χ4v) is 3.24. The number of non-ortho nitro benzene ring substituents is 1. The third-order valence-corrected chi connectivity index (χ3v) is 4.94. The average Bonchev–Trinajstić information content (AvgIpc) is 2.87. The summed E-state index contributed by atoms with van der Waals surface area (Å²) in [6.07, 6.45) is 6.29. The fourth-order valence-electron chi connectivity index (χ4n) is 3.24. The van der Waals surface area contributed by atoms with Gasteiger partial charge in [-0.1, -0.05) is 30.4 Å². The predicted octanol–water partition coefficient (Wildman–Crippen LogP) is 5.15. The molecule has 9 nitrogen and oxygen atoms in total. The zero-order valence-electron chi connectivity index (χ0n) is 19.3. The quantitative estimate of drug-likeness (QED) is 0.144. The molecule has 3 aromatic carbocycles. The van der Waals surface area contributed by atoms with E-state index in [9.17, 15) is 20.0 Å². The highest BCUT2D eigenvalue weighted by atomic mass is 16.6. The summed E-state index contributed by atoms with van der Waals surface area (Å²) in [5.41, 5.74) is 2.15. The maximum absolute atomic E-state index is 12.2. The molecule has 180 valence electrons. The van der Waals surface area contributed by atoms with Gasteiger partial charge in [-0.05, 0) is 47.0 Å². The Labute approximate surface area is 202 Å². The lowest BCUT2D eigenvalue weighted by Crippen LogP contribution is -2.07. The molecule has 0 aliphatic rings. The van der Waals surface area contributed by atoms with E-state index < -0.39 is 10.8 Å². The number of benzene rings is 3. The van der Waals surface area contributed by atoms with Crippen LogP contribution in [0, 0.1) is 10.1 Å². The molecule has 0 radical (unpaired) electrons. The lowest BCUT2D eigenvalue weighted by molar-refractivity contribution is -0.384. The van der Waals surface area contributed by atoms with E-state index in [2.05, 4.69) is 5.32 Å². The highest BCUT2D eigenvalue weighted by Gasteiger charge is 2.12. The van der Waals surface area contributed by atoms with E-state index in [1.54, 1.807) is 36.4 Å². The number of nitro groups is 1. The van der Waals surface area contributed by atoms with E-state index in [0.29, 0.717) is 28.4 Å². The van der Waals surface area contributed by atoms with Crippen LogP contribution in [0.15, 0.2) is 60.7 Å². The number of nitrogens with zero attached hydrogens (tertiary/aromatic N) is 1. The highest BCUT2D eigenvalue weighted by molar-refractivity contribution is 6.02. The van der Waals surface area contributed by atoms with Gasteiger partial charge in [0.2, 0.25) is 11.7 Å². The van der Waals surface area contributed by atoms with Crippen LogP contribution in [-0.4, -0.2) is 37.3 Å². The van der Waals surface area contributed by atoms with Gasteiger partial charge in [0.05, 0.1) is 31.9 Å². The number of phenolic OH excluding ortho intramolecular Hbond substituents is 1. The van der Waals surface area contributed by atoms with Crippen LogP contribution >= 0.6 is 0 Å². The first-order chi connectivity index (χ1) is 16.8. The van der Waals surface area contributed by atoms with E-state index in [4.69, 9.17) is 14.2 Å². The van der Waals surface area contributed by atoms with Crippen LogP contribution in [0.2, 0.25) is 0 Å². The van der Waals surface area contributed by atoms with E-state index >= 15 is 0 Å². The van der Waals surface area contributed by atoms with Gasteiger partial charge in [-0.3, -0.25) is 14.9 Å². The van der Waals surface area contributed by atoms with Crippen molar-refractivity contribution < 1.29 is 29.0 Å². The molecule has 2 N–H and O–H groups in total. The van der Waals surface area contributed by atoms with Crippen molar-refractivity contribution in [2.75, 3.05) is 26.6 Å². The Morgan fingerprint density at radius 2 is 1.54 bits per heavy atom. The van der Waals surface area contributed by atoms with Gasteiger partial charge in [0.15, 0.2) is 11.5 Å². The molecule has 0 saturated heterocycles. The van der Waals surface area contributed by atoms with E-state index in [-0.39, 0.29) is 17.1 Å². The Morgan fingerprint density at radius 3 is 2.14 bits per heavy atom. The standard InChI is InChI=1S/C26H24N2O7/c1-33-23-15-19(16-24(34-2)26(23)35-3)8-7-18-9-11-21(22(29)14-18)27-25(30)12-10-17-5-4-6-20(13-17)28(31)32/h4-16,29H,1-3H3,(H,27,30)/b8-7+,12-10+. The van der Waals surface area contributed by atoms with Crippen LogP contribution in [0.3, 0.4) is 0 Å². The van der Waals surface area contributed by atoms with Crippen molar-refractivity contribution in [2.24, 2.45) is 0 Å². The van der Waals surface area contributed by atoms with E-state index in [1.165, 1.54) is 57.7 Å². The SMILES string of the molecule is COc1cc(/C=C/c2ccc(NC(=O)/C=C/c3cccc([N+](=O)[O-])c3)c(O)c2)cc(OC)c1OC. The zero-order chi connectivity index (χ0) is 25.4. The van der Waals surface area contributed by atoms with Crippen LogP contribution in [0.4, 0.5) is 11.4 Å². The number of phenols is 1. The number of anilines is 1. The van der Waals surface area contributed by atoms with Crippen molar-refractivity contribution in [1.29, 1.82) is 0 Å². The predicted molar refractivity (Wildman–Crippen MR) is 134 cm³/mol. The van der Waals surface area contributed by atoms with E-state index in [1.807, 2.05) is 6.08 Å². The molecule has 9 heteroatoms. The first-order valence-electron chi connectivity index (χ1n) is 10.4. The van der Waals surface area contributed by atoms with Gasteiger partial charge >= 0.3 is 0 Å². The number of ether oxygens (including phenoxy) is 3. The van der Waals surface area contributed by atoms with Crippen LogP contribution in [0.1, 0.15) is 16.7 Å². The van der Waals surface area contributed by atoms with Crippen molar-refractivity contribution >= 4 is 35.5 Å². The second-order valence-electron chi connectivity index (χ2n) is 7.24. The highest BCUT2D eigenvalue weighted by Crippen LogP contribution is 2.38. The van der Waals surface area contributed by atoms with Gasteiger partial charge < -0.3 is 24.6 Å². The average molecular weight is 476 g/mol. The van der Waals surface area contributed by atoms with Crippen molar-refractivity contribution in [1.82, 2.24) is 0 Å². The number of carbonyl (C=O) groups excluding carboxylic acids is 1. The topological polar surface area (TPSA) is 120 Å². The van der Waals surface area contributed by atoms with Gasteiger partial charge in [0.1, 0.15) is 5.75 Å². The number of hydrogen-bond donors (Lipinski definition) is 2. The Bertz CT molecular complexity index is 1270. The Morgan fingerprint density at radius 1 is 0.886 bits per heavy atom. The van der Waals surface area contributed by atoms with Gasteiger partial charge in [-0.15, -0.1) is 0 Å². The van der Waals surface area contributed by atoms with Crippen LogP contribution in [-0.2, 0) is 4.79 Å². The molecule has 0 aliphatic carbocycles. The first kappa shape index (κ1) is 24.8. The number of rotatable bonds is 9. The van der Waals surface area contributed by atoms with Crippen molar-refractivity contribution in [3.63, 3.8) is 0 Å². The summed E-state index contributed by atoms with van der Waals surface area (Å²) in [7, 11) is 4.60. The molecule has 3 rings (SSSR count). The number of nitro benzene ring substituents is 1. The Balaban J connectivity index is 1.71. The van der Waals surface area contributed by atoms with Crippen molar-refractivity contribution in [3.05, 3.63) is 87.5 Å². The summed E-state index contributed by atoms with van der Waals surface area (Å²) in [6.45, 7) is 0. The second kappa shape index (κ2) is 11.4.